The molecular weight excluding hydrogens is 333 g/mol. The second kappa shape index (κ2) is 9.97. The van der Waals surface area contributed by atoms with Crippen LogP contribution in [0.1, 0.15) is 31.6 Å². The van der Waals surface area contributed by atoms with Crippen molar-refractivity contribution in [1.82, 2.24) is 10.6 Å². The summed E-state index contributed by atoms with van der Waals surface area (Å²) in [4.78, 5) is 4.24. The van der Waals surface area contributed by atoms with Crippen molar-refractivity contribution in [3.05, 3.63) is 59.8 Å². The maximum absolute atomic E-state index is 13.1. The summed E-state index contributed by atoms with van der Waals surface area (Å²) in [7, 11) is 1.74. The lowest BCUT2D eigenvalue weighted by Crippen LogP contribution is -2.43. The molecule has 0 radical (unpaired) electrons. The van der Waals surface area contributed by atoms with Gasteiger partial charge in [0.1, 0.15) is 18.2 Å². The minimum absolute atomic E-state index is 0.141. The number of benzene rings is 1. The number of nitrogens with one attached hydrogen (secondary N) is 2. The normalized spacial score (nSPS) is 12.2. The molecule has 2 aromatic rings. The van der Waals surface area contributed by atoms with Crippen LogP contribution in [-0.2, 0) is 16.8 Å². The third-order valence-corrected chi connectivity index (χ3v) is 4.13. The molecule has 5 nitrogen and oxygen atoms in total. The third kappa shape index (κ3) is 6.52. The molecule has 142 valence electrons. The summed E-state index contributed by atoms with van der Waals surface area (Å²) >= 11 is 0. The lowest BCUT2D eigenvalue weighted by atomic mass is 9.84. The van der Waals surface area contributed by atoms with Crippen molar-refractivity contribution in [1.29, 1.82) is 0 Å². The van der Waals surface area contributed by atoms with Gasteiger partial charge in [0, 0.05) is 32.2 Å². The van der Waals surface area contributed by atoms with Crippen LogP contribution in [0.15, 0.2) is 52.1 Å². The number of hydrogen-bond donors (Lipinski definition) is 2. The highest BCUT2D eigenvalue weighted by Gasteiger charge is 2.20. The van der Waals surface area contributed by atoms with Gasteiger partial charge in [-0.2, -0.15) is 0 Å². The second-order valence-corrected chi connectivity index (χ2v) is 6.73. The summed E-state index contributed by atoms with van der Waals surface area (Å²) < 4.78 is 23.9. The Morgan fingerprint density at radius 2 is 1.96 bits per heavy atom. The van der Waals surface area contributed by atoms with E-state index in [1.165, 1.54) is 12.1 Å². The summed E-state index contributed by atoms with van der Waals surface area (Å²) in [5.41, 5.74) is 0.936. The van der Waals surface area contributed by atoms with Gasteiger partial charge in [-0.25, -0.2) is 4.39 Å². The first kappa shape index (κ1) is 20.0. The summed E-state index contributed by atoms with van der Waals surface area (Å²) in [5.74, 6) is 1.36. The summed E-state index contributed by atoms with van der Waals surface area (Å²) in [5, 5.41) is 6.60. The molecule has 2 rings (SSSR count). The van der Waals surface area contributed by atoms with Crippen LogP contribution in [-0.4, -0.2) is 32.7 Å². The molecule has 0 spiro atoms. The Labute approximate surface area is 154 Å². The maximum atomic E-state index is 13.1. The van der Waals surface area contributed by atoms with Gasteiger partial charge in [0.25, 0.3) is 0 Å². The minimum atomic E-state index is -0.218. The summed E-state index contributed by atoms with van der Waals surface area (Å²) in [6.45, 7) is 6.81. The van der Waals surface area contributed by atoms with Crippen LogP contribution in [0, 0.1) is 5.82 Å². The average Bonchev–Trinajstić information content (AvgIpc) is 3.14. The predicted octanol–water partition coefficient (Wildman–Crippen LogP) is 3.47. The van der Waals surface area contributed by atoms with E-state index in [9.17, 15) is 4.39 Å². The van der Waals surface area contributed by atoms with Gasteiger partial charge in [-0.15, -0.1) is 0 Å². The van der Waals surface area contributed by atoms with Gasteiger partial charge in [-0.05, 0) is 36.2 Å². The first-order valence-corrected chi connectivity index (χ1v) is 8.82. The van der Waals surface area contributed by atoms with E-state index in [2.05, 4.69) is 29.5 Å². The van der Waals surface area contributed by atoms with E-state index in [0.717, 1.165) is 30.2 Å². The number of furan rings is 1. The highest BCUT2D eigenvalue weighted by molar-refractivity contribution is 5.79. The zero-order valence-corrected chi connectivity index (χ0v) is 15.7. The molecule has 0 saturated carbocycles. The number of rotatable bonds is 9. The largest absolute Gasteiger partial charge is 0.467 e. The van der Waals surface area contributed by atoms with Crippen molar-refractivity contribution in [2.24, 2.45) is 4.99 Å². The number of guanidine groups is 1. The summed E-state index contributed by atoms with van der Waals surface area (Å²) in [6, 6.07) is 10.4. The topological polar surface area (TPSA) is 58.8 Å². The zero-order chi connectivity index (χ0) is 18.8. The van der Waals surface area contributed by atoms with Gasteiger partial charge in [-0.3, -0.25) is 4.99 Å². The molecule has 0 fully saturated rings. The van der Waals surface area contributed by atoms with Crippen molar-refractivity contribution in [3.8, 4) is 0 Å². The van der Waals surface area contributed by atoms with Gasteiger partial charge >= 0.3 is 0 Å². The first-order chi connectivity index (χ1) is 12.5. The number of halogens is 1. The quantitative estimate of drug-likeness (QED) is 0.408. The fourth-order valence-corrected chi connectivity index (χ4v) is 2.48. The van der Waals surface area contributed by atoms with Gasteiger partial charge in [-0.1, -0.05) is 26.0 Å². The number of hydrogen-bond acceptors (Lipinski definition) is 3. The van der Waals surface area contributed by atoms with Crippen LogP contribution in [0.4, 0.5) is 4.39 Å². The molecule has 2 N–H and O–H groups in total. The molecule has 0 bridgehead atoms. The Hall–Kier alpha value is -2.34. The van der Waals surface area contributed by atoms with Crippen LogP contribution >= 0.6 is 0 Å². The molecule has 0 saturated heterocycles. The van der Waals surface area contributed by atoms with Crippen molar-refractivity contribution in [3.63, 3.8) is 0 Å². The Bertz CT molecular complexity index is 667. The Morgan fingerprint density at radius 3 is 2.62 bits per heavy atom. The predicted molar refractivity (Wildman–Crippen MR) is 102 cm³/mol. The van der Waals surface area contributed by atoms with Crippen molar-refractivity contribution in [2.45, 2.75) is 32.3 Å². The molecule has 0 aliphatic heterocycles. The van der Waals surface area contributed by atoms with Crippen LogP contribution in [0.5, 0.6) is 0 Å². The van der Waals surface area contributed by atoms with E-state index in [1.54, 1.807) is 13.3 Å². The average molecular weight is 361 g/mol. The van der Waals surface area contributed by atoms with E-state index in [1.807, 2.05) is 24.3 Å². The van der Waals surface area contributed by atoms with E-state index in [-0.39, 0.29) is 11.2 Å². The van der Waals surface area contributed by atoms with Gasteiger partial charge in [0.15, 0.2) is 5.96 Å². The van der Waals surface area contributed by atoms with E-state index < -0.39 is 0 Å². The van der Waals surface area contributed by atoms with Gasteiger partial charge in [0.2, 0.25) is 0 Å². The molecule has 0 aliphatic carbocycles. The smallest absolute Gasteiger partial charge is 0.191 e. The second-order valence-electron chi connectivity index (χ2n) is 6.73. The number of aliphatic imine (C=N–C) groups is 1. The number of nitrogens with zero attached hydrogens (tertiary/aromatic N) is 1. The lowest BCUT2D eigenvalue weighted by molar-refractivity contribution is 0.105. The first-order valence-electron chi connectivity index (χ1n) is 8.82. The number of ether oxygens (including phenoxy) is 1. The molecule has 1 aromatic carbocycles. The van der Waals surface area contributed by atoms with Gasteiger partial charge < -0.3 is 19.8 Å². The highest BCUT2D eigenvalue weighted by Crippen LogP contribution is 2.22. The molecule has 0 aliphatic rings. The molecule has 0 unspecified atom stereocenters. The molecule has 26 heavy (non-hydrogen) atoms. The molecule has 0 amide bonds. The molecule has 6 heteroatoms. The Balaban J connectivity index is 1.66. The highest BCUT2D eigenvalue weighted by atomic mass is 19.1. The maximum Gasteiger partial charge on any atom is 0.191 e. The van der Waals surface area contributed by atoms with Crippen LogP contribution < -0.4 is 10.6 Å². The van der Waals surface area contributed by atoms with E-state index >= 15 is 0 Å². The molecular formula is C20H28FN3O2. The monoisotopic (exact) mass is 361 g/mol. The van der Waals surface area contributed by atoms with Crippen LogP contribution in [0.2, 0.25) is 0 Å². The fraction of sp³-hybridized carbons (Fsp3) is 0.450. The van der Waals surface area contributed by atoms with Crippen molar-refractivity contribution < 1.29 is 13.5 Å². The van der Waals surface area contributed by atoms with Crippen molar-refractivity contribution in [2.75, 3.05) is 26.7 Å². The molecule has 1 aromatic heterocycles. The standard InChI is InChI=1S/C20H28FN3O2/c1-20(2,16-7-9-17(21)10-8-16)15-24-19(22-3)23-11-5-12-25-14-18-6-4-13-26-18/h4,6-10,13H,5,11-12,14-15H2,1-3H3,(H2,22,23,24). The Morgan fingerprint density at radius 1 is 1.19 bits per heavy atom. The van der Waals surface area contributed by atoms with Gasteiger partial charge in [0.05, 0.1) is 6.26 Å². The third-order valence-electron chi connectivity index (χ3n) is 4.13. The lowest BCUT2D eigenvalue weighted by Gasteiger charge is -2.26. The van der Waals surface area contributed by atoms with Crippen molar-refractivity contribution >= 4 is 5.96 Å². The minimum Gasteiger partial charge on any atom is -0.467 e. The van der Waals surface area contributed by atoms with E-state index in [0.29, 0.717) is 19.8 Å². The zero-order valence-electron chi connectivity index (χ0n) is 15.7. The Kier molecular flexibility index (Phi) is 7.66. The molecule has 0 atom stereocenters. The van der Waals surface area contributed by atoms with Crippen LogP contribution in [0.3, 0.4) is 0 Å². The summed E-state index contributed by atoms with van der Waals surface area (Å²) in [6.07, 6.45) is 2.51. The fourth-order valence-electron chi connectivity index (χ4n) is 2.48. The SMILES string of the molecule is CN=C(NCCCOCc1ccco1)NCC(C)(C)c1ccc(F)cc1. The van der Waals surface area contributed by atoms with E-state index in [4.69, 9.17) is 9.15 Å². The molecule has 1 heterocycles. The van der Waals surface area contributed by atoms with Crippen LogP contribution in [0.25, 0.3) is 0 Å².